The molecule has 0 aliphatic heterocycles. The summed E-state index contributed by atoms with van der Waals surface area (Å²) in [5, 5.41) is 8.12. The highest BCUT2D eigenvalue weighted by atomic mass is 16.5. The number of hydrogen-bond acceptors (Lipinski definition) is 5. The van der Waals surface area contributed by atoms with Crippen LogP contribution in [-0.2, 0) is 6.54 Å². The maximum Gasteiger partial charge on any atom is 0.254 e. The van der Waals surface area contributed by atoms with E-state index in [1.807, 2.05) is 56.4 Å². The minimum absolute atomic E-state index is 0.0650. The van der Waals surface area contributed by atoms with Crippen molar-refractivity contribution >= 4 is 16.8 Å². The smallest absolute Gasteiger partial charge is 0.254 e. The molecule has 160 valence electrons. The zero-order chi connectivity index (χ0) is 22.0. The highest BCUT2D eigenvalue weighted by Gasteiger charge is 2.27. The molecule has 0 bridgehead atoms. The molecule has 31 heavy (non-hydrogen) atoms. The van der Waals surface area contributed by atoms with Crippen LogP contribution in [0.1, 0.15) is 50.0 Å². The number of hydrogen-bond donors (Lipinski definition) is 1. The van der Waals surface area contributed by atoms with E-state index in [0.717, 1.165) is 23.0 Å². The molecule has 1 atom stereocenters. The molecule has 3 aromatic heterocycles. The molecular weight excluding hydrogens is 390 g/mol. The topological polar surface area (TPSA) is 85.8 Å². The van der Waals surface area contributed by atoms with Crippen LogP contribution in [0.3, 0.4) is 0 Å². The Bertz CT molecular complexity index is 1180. The summed E-state index contributed by atoms with van der Waals surface area (Å²) in [5.41, 5.74) is 2.47. The summed E-state index contributed by atoms with van der Waals surface area (Å²) in [5.74, 6) is 1.22. The van der Waals surface area contributed by atoms with Crippen molar-refractivity contribution in [3.63, 3.8) is 0 Å². The number of benzene rings is 1. The number of pyridine rings is 1. The lowest BCUT2D eigenvalue weighted by molar-refractivity contribution is 0.0915. The van der Waals surface area contributed by atoms with Gasteiger partial charge in [-0.05, 0) is 30.0 Å². The van der Waals surface area contributed by atoms with Crippen molar-refractivity contribution in [3.05, 3.63) is 66.4 Å². The summed E-state index contributed by atoms with van der Waals surface area (Å²) in [4.78, 5) is 21.9. The number of para-hydroxylation sites is 1. The van der Waals surface area contributed by atoms with Crippen LogP contribution in [0.15, 0.2) is 59.5 Å². The highest BCUT2D eigenvalue weighted by molar-refractivity contribution is 6.07. The van der Waals surface area contributed by atoms with E-state index < -0.39 is 6.04 Å². The quantitative estimate of drug-likeness (QED) is 0.464. The van der Waals surface area contributed by atoms with Gasteiger partial charge in [0.05, 0.1) is 5.56 Å². The van der Waals surface area contributed by atoms with Gasteiger partial charge < -0.3 is 14.4 Å². The van der Waals surface area contributed by atoms with Gasteiger partial charge in [0.15, 0.2) is 0 Å². The first-order valence-corrected chi connectivity index (χ1v) is 10.6. The number of carbonyl (C=O) groups excluding carboxylic acids is 1. The summed E-state index contributed by atoms with van der Waals surface area (Å²) in [6.45, 7) is 9.21. The van der Waals surface area contributed by atoms with E-state index in [2.05, 4.69) is 38.9 Å². The molecule has 3 heterocycles. The molecule has 0 aliphatic carbocycles. The lowest BCUT2D eigenvalue weighted by Crippen LogP contribution is -2.32. The van der Waals surface area contributed by atoms with Gasteiger partial charge in [0, 0.05) is 41.6 Å². The van der Waals surface area contributed by atoms with Crippen molar-refractivity contribution < 1.29 is 9.32 Å². The second kappa shape index (κ2) is 8.71. The third-order valence-electron chi connectivity index (χ3n) is 5.18. The van der Waals surface area contributed by atoms with E-state index in [9.17, 15) is 4.79 Å². The fraction of sp³-hybridized carbons (Fsp3) is 0.333. The maximum atomic E-state index is 13.3. The summed E-state index contributed by atoms with van der Waals surface area (Å²) in [6, 6.07) is 11.3. The van der Waals surface area contributed by atoms with Crippen LogP contribution in [-0.4, -0.2) is 25.6 Å². The maximum absolute atomic E-state index is 13.3. The third-order valence-corrected chi connectivity index (χ3v) is 5.18. The van der Waals surface area contributed by atoms with Gasteiger partial charge in [-0.3, -0.25) is 9.78 Å². The van der Waals surface area contributed by atoms with Crippen molar-refractivity contribution in [2.45, 2.75) is 40.3 Å². The van der Waals surface area contributed by atoms with E-state index in [1.54, 1.807) is 12.4 Å². The van der Waals surface area contributed by atoms with Gasteiger partial charge in [-0.25, -0.2) is 0 Å². The molecule has 1 amide bonds. The first kappa shape index (κ1) is 20.8. The molecule has 1 N–H and O–H groups in total. The Labute approximate surface area is 181 Å². The Morgan fingerprint density at radius 3 is 2.65 bits per heavy atom. The fourth-order valence-electron chi connectivity index (χ4n) is 3.68. The second-order valence-electron chi connectivity index (χ2n) is 8.50. The Morgan fingerprint density at radius 2 is 1.94 bits per heavy atom. The molecule has 0 saturated heterocycles. The monoisotopic (exact) mass is 417 g/mol. The lowest BCUT2D eigenvalue weighted by Gasteiger charge is -2.18. The molecule has 0 saturated carbocycles. The Balaban J connectivity index is 1.63. The summed E-state index contributed by atoms with van der Waals surface area (Å²) < 4.78 is 7.66. The van der Waals surface area contributed by atoms with Crippen molar-refractivity contribution in [2.24, 2.45) is 11.8 Å². The fourth-order valence-corrected chi connectivity index (χ4v) is 3.68. The first-order valence-electron chi connectivity index (χ1n) is 10.6. The minimum Gasteiger partial charge on any atom is -0.346 e. The third kappa shape index (κ3) is 4.35. The predicted molar refractivity (Wildman–Crippen MR) is 119 cm³/mol. The Morgan fingerprint density at radius 1 is 1.13 bits per heavy atom. The Hall–Kier alpha value is -3.48. The molecule has 0 aliphatic rings. The number of amides is 1. The summed E-state index contributed by atoms with van der Waals surface area (Å²) in [7, 11) is 0. The number of fused-ring (bicyclic) bond motifs is 1. The van der Waals surface area contributed by atoms with E-state index in [4.69, 9.17) is 4.52 Å². The van der Waals surface area contributed by atoms with E-state index in [0.29, 0.717) is 23.2 Å². The molecule has 1 unspecified atom stereocenters. The summed E-state index contributed by atoms with van der Waals surface area (Å²) >= 11 is 0. The molecule has 0 spiro atoms. The van der Waals surface area contributed by atoms with Gasteiger partial charge in [0.2, 0.25) is 11.7 Å². The number of nitrogens with zero attached hydrogens (tertiary/aromatic N) is 4. The average molecular weight is 418 g/mol. The predicted octanol–water partition coefficient (Wildman–Crippen LogP) is 4.87. The van der Waals surface area contributed by atoms with E-state index in [-0.39, 0.29) is 11.8 Å². The van der Waals surface area contributed by atoms with Crippen LogP contribution in [0, 0.1) is 11.8 Å². The van der Waals surface area contributed by atoms with Crippen LogP contribution in [0.5, 0.6) is 0 Å². The van der Waals surface area contributed by atoms with Crippen LogP contribution >= 0.6 is 0 Å². The minimum atomic E-state index is -0.405. The van der Waals surface area contributed by atoms with Gasteiger partial charge in [-0.2, -0.15) is 4.98 Å². The molecule has 0 fully saturated rings. The van der Waals surface area contributed by atoms with Crippen LogP contribution in [0.25, 0.3) is 22.3 Å². The average Bonchev–Trinajstić information content (AvgIpc) is 3.38. The molecular formula is C24H27N5O2. The largest absolute Gasteiger partial charge is 0.346 e. The van der Waals surface area contributed by atoms with Crippen molar-refractivity contribution in [2.75, 3.05) is 0 Å². The number of rotatable bonds is 7. The molecule has 4 aromatic rings. The van der Waals surface area contributed by atoms with E-state index >= 15 is 0 Å². The standard InChI is InChI=1S/C24H27N5O2/c1-15(2)13-29-14-19(18-9-5-6-10-20(18)29)23(30)26-21(16(3)4)24-27-22(28-31-24)17-8-7-11-25-12-17/h5-12,14-16,21H,13H2,1-4H3,(H,26,30). The van der Waals surface area contributed by atoms with Crippen LogP contribution in [0.2, 0.25) is 0 Å². The van der Waals surface area contributed by atoms with Gasteiger partial charge >= 0.3 is 0 Å². The van der Waals surface area contributed by atoms with Gasteiger partial charge in [0.25, 0.3) is 5.91 Å². The van der Waals surface area contributed by atoms with Crippen molar-refractivity contribution in [1.29, 1.82) is 0 Å². The van der Waals surface area contributed by atoms with E-state index in [1.165, 1.54) is 0 Å². The van der Waals surface area contributed by atoms with Gasteiger partial charge in [-0.1, -0.05) is 51.1 Å². The first-order chi connectivity index (χ1) is 14.9. The Kier molecular flexibility index (Phi) is 5.84. The number of aromatic nitrogens is 4. The van der Waals surface area contributed by atoms with Gasteiger partial charge in [0.1, 0.15) is 6.04 Å². The van der Waals surface area contributed by atoms with Crippen molar-refractivity contribution in [1.82, 2.24) is 25.0 Å². The molecule has 4 rings (SSSR count). The molecule has 0 radical (unpaired) electrons. The molecule has 1 aromatic carbocycles. The normalized spacial score (nSPS) is 12.6. The lowest BCUT2D eigenvalue weighted by atomic mass is 10.0. The molecule has 7 nitrogen and oxygen atoms in total. The zero-order valence-electron chi connectivity index (χ0n) is 18.2. The van der Waals surface area contributed by atoms with Crippen LogP contribution < -0.4 is 5.32 Å². The second-order valence-corrected chi connectivity index (χ2v) is 8.50. The summed E-state index contributed by atoms with van der Waals surface area (Å²) in [6.07, 6.45) is 5.31. The SMILES string of the molecule is CC(C)Cn1cc(C(=O)NC(c2nc(-c3cccnc3)no2)C(C)C)c2ccccc21. The zero-order valence-corrected chi connectivity index (χ0v) is 18.2. The van der Waals surface area contributed by atoms with Crippen molar-refractivity contribution in [3.8, 4) is 11.4 Å². The molecule has 7 heteroatoms. The number of nitrogens with one attached hydrogen (secondary N) is 1. The van der Waals surface area contributed by atoms with Crippen LogP contribution in [0.4, 0.5) is 0 Å². The highest BCUT2D eigenvalue weighted by Crippen LogP contribution is 2.26. The number of carbonyl (C=O) groups is 1. The van der Waals surface area contributed by atoms with Gasteiger partial charge in [-0.15, -0.1) is 0 Å².